The van der Waals surface area contributed by atoms with Gasteiger partial charge in [0.25, 0.3) is 0 Å². The molecule has 0 aliphatic carbocycles. The second-order valence-corrected chi connectivity index (χ2v) is 8.66. The molecule has 0 saturated carbocycles. The average molecular weight is 402 g/mol. The fraction of sp³-hybridized carbons (Fsp3) is 0.741. The molecule has 0 aliphatic rings. The van der Waals surface area contributed by atoms with E-state index in [1.54, 1.807) is 0 Å². The minimum atomic E-state index is 0.696. The van der Waals surface area contributed by atoms with Crippen molar-refractivity contribution in [3.8, 4) is 0 Å². The lowest BCUT2D eigenvalue weighted by Crippen LogP contribution is -1.87. The van der Waals surface area contributed by atoms with E-state index in [0.29, 0.717) is 5.69 Å². The smallest absolute Gasteiger partial charge is 0.166 e. The van der Waals surface area contributed by atoms with Crippen LogP contribution in [0, 0.1) is 0 Å². The lowest BCUT2D eigenvalue weighted by molar-refractivity contribution is 0.111. The summed E-state index contributed by atoms with van der Waals surface area (Å²) in [4.78, 5) is 13.8. The number of allylic oxidation sites excluding steroid dienone is 2. The van der Waals surface area contributed by atoms with Gasteiger partial charge in [-0.2, -0.15) is 0 Å². The van der Waals surface area contributed by atoms with E-state index in [2.05, 4.69) is 24.1 Å². The first kappa shape index (κ1) is 25.7. The van der Waals surface area contributed by atoms with E-state index in [4.69, 9.17) is 0 Å². The predicted molar refractivity (Wildman–Crippen MR) is 128 cm³/mol. The molecule has 29 heavy (non-hydrogen) atoms. The molecule has 2 nitrogen and oxygen atoms in total. The molecule has 0 spiro atoms. The number of nitrogens with one attached hydrogen (secondary N) is 1. The highest BCUT2D eigenvalue weighted by atomic mass is 16.1. The first-order valence-electron chi connectivity index (χ1n) is 12.6. The summed E-state index contributed by atoms with van der Waals surface area (Å²) < 4.78 is 0. The van der Waals surface area contributed by atoms with Gasteiger partial charge in [-0.15, -0.1) is 0 Å². The fourth-order valence-corrected chi connectivity index (χ4v) is 3.94. The maximum Gasteiger partial charge on any atom is 0.166 e. The summed E-state index contributed by atoms with van der Waals surface area (Å²) >= 11 is 0. The molecule has 0 radical (unpaired) electrons. The van der Waals surface area contributed by atoms with Crippen LogP contribution >= 0.6 is 0 Å². The summed E-state index contributed by atoms with van der Waals surface area (Å²) in [7, 11) is 0. The van der Waals surface area contributed by atoms with Gasteiger partial charge in [0.1, 0.15) is 0 Å². The first-order chi connectivity index (χ1) is 14.4. The van der Waals surface area contributed by atoms with Crippen LogP contribution in [0.25, 0.3) is 0 Å². The molecule has 0 atom stereocenters. The Morgan fingerprint density at radius 1 is 0.655 bits per heavy atom. The van der Waals surface area contributed by atoms with E-state index in [1.165, 1.54) is 121 Å². The van der Waals surface area contributed by atoms with E-state index >= 15 is 0 Å². The maximum atomic E-state index is 10.6. The third-order valence-electron chi connectivity index (χ3n) is 5.85. The predicted octanol–water partition coefficient (Wildman–Crippen LogP) is 8.97. The van der Waals surface area contributed by atoms with Crippen molar-refractivity contribution >= 4 is 6.29 Å². The number of hydrogen-bond donors (Lipinski definition) is 1. The number of carbonyl (C=O) groups is 1. The monoisotopic (exact) mass is 401 g/mol. The molecule has 1 rings (SSSR count). The zero-order valence-corrected chi connectivity index (χ0v) is 19.2. The number of aryl methyl sites for hydroxylation is 1. The van der Waals surface area contributed by atoms with Crippen molar-refractivity contribution in [2.75, 3.05) is 0 Å². The van der Waals surface area contributed by atoms with Gasteiger partial charge >= 0.3 is 0 Å². The minimum absolute atomic E-state index is 0.696. The number of aromatic amines is 1. The van der Waals surface area contributed by atoms with Crippen molar-refractivity contribution in [3.63, 3.8) is 0 Å². The molecule has 0 amide bonds. The third kappa shape index (κ3) is 16.2. The maximum absolute atomic E-state index is 10.6. The molecule has 1 aromatic heterocycles. The van der Waals surface area contributed by atoms with Crippen LogP contribution in [0.5, 0.6) is 0 Å². The zero-order valence-electron chi connectivity index (χ0n) is 19.2. The number of carbonyl (C=O) groups excluding carboxylic acids is 1. The topological polar surface area (TPSA) is 32.9 Å². The Kier molecular flexibility index (Phi) is 17.7. The normalized spacial score (nSPS) is 11.5. The Bertz CT molecular complexity index is 502. The molecule has 1 aromatic rings. The Labute approximate surface area is 181 Å². The van der Waals surface area contributed by atoms with Crippen molar-refractivity contribution in [1.82, 2.24) is 4.98 Å². The van der Waals surface area contributed by atoms with E-state index in [9.17, 15) is 4.79 Å². The van der Waals surface area contributed by atoms with E-state index < -0.39 is 0 Å². The molecule has 0 bridgehead atoms. The second-order valence-electron chi connectivity index (χ2n) is 8.66. The van der Waals surface area contributed by atoms with Gasteiger partial charge in [-0.05, 0) is 50.7 Å². The van der Waals surface area contributed by atoms with Crippen LogP contribution in [-0.2, 0) is 6.42 Å². The highest BCUT2D eigenvalue weighted by Crippen LogP contribution is 2.13. The molecule has 0 aliphatic heterocycles. The van der Waals surface area contributed by atoms with Gasteiger partial charge in [0.15, 0.2) is 6.29 Å². The van der Waals surface area contributed by atoms with Crippen LogP contribution in [0.1, 0.15) is 139 Å². The first-order valence-corrected chi connectivity index (χ1v) is 12.6. The van der Waals surface area contributed by atoms with Crippen molar-refractivity contribution in [2.45, 2.75) is 129 Å². The molecule has 0 unspecified atom stereocenters. The lowest BCUT2D eigenvalue weighted by atomic mass is 10.1. The average Bonchev–Trinajstić information content (AvgIpc) is 3.20. The van der Waals surface area contributed by atoms with Crippen molar-refractivity contribution in [1.29, 1.82) is 0 Å². The van der Waals surface area contributed by atoms with E-state index in [1.807, 2.05) is 12.1 Å². The highest BCUT2D eigenvalue weighted by Gasteiger charge is 1.98. The fourth-order valence-electron chi connectivity index (χ4n) is 3.94. The van der Waals surface area contributed by atoms with Gasteiger partial charge in [-0.3, -0.25) is 4.79 Å². The number of H-pyrrole nitrogens is 1. The molecular formula is C27H47NO. The van der Waals surface area contributed by atoms with Gasteiger partial charge in [-0.25, -0.2) is 0 Å². The van der Waals surface area contributed by atoms with Crippen LogP contribution in [0.2, 0.25) is 0 Å². The Balaban J connectivity index is 1.74. The van der Waals surface area contributed by atoms with E-state index in [0.717, 1.165) is 12.7 Å². The summed E-state index contributed by atoms with van der Waals surface area (Å²) in [5.74, 6) is 0. The van der Waals surface area contributed by atoms with Crippen molar-refractivity contribution in [3.05, 3.63) is 35.7 Å². The molecule has 0 fully saturated rings. The van der Waals surface area contributed by atoms with Gasteiger partial charge in [0.05, 0.1) is 5.69 Å². The number of unbranched alkanes of at least 4 members (excludes halogenated alkanes) is 16. The molecule has 1 N–H and O–H groups in total. The number of hydrogen-bond acceptors (Lipinski definition) is 1. The van der Waals surface area contributed by atoms with Crippen LogP contribution in [0.15, 0.2) is 24.3 Å². The van der Waals surface area contributed by atoms with Crippen LogP contribution in [0.3, 0.4) is 0 Å². The standard InChI is InChI=1S/C27H47NO/c1-2-3-4-5-6-7-8-9-10-11-12-13-14-15-16-17-18-19-20-21-22-26-23-24-27(25-29)28-26/h13-14,23-25,28H,2-12,15-22H2,1H3. The molecule has 1 heterocycles. The SMILES string of the molecule is CCCCCCCCCCCCC=CCCCCCCCCc1ccc(C=O)[nH]1. The third-order valence-corrected chi connectivity index (χ3v) is 5.85. The molecular weight excluding hydrogens is 354 g/mol. The summed E-state index contributed by atoms with van der Waals surface area (Å²) in [6.07, 6.45) is 31.5. The summed E-state index contributed by atoms with van der Waals surface area (Å²) in [6, 6.07) is 3.90. The van der Waals surface area contributed by atoms with Gasteiger partial charge in [0, 0.05) is 5.69 Å². The number of aromatic nitrogens is 1. The van der Waals surface area contributed by atoms with Crippen molar-refractivity contribution in [2.24, 2.45) is 0 Å². The van der Waals surface area contributed by atoms with Gasteiger partial charge < -0.3 is 4.98 Å². The molecule has 166 valence electrons. The summed E-state index contributed by atoms with van der Waals surface area (Å²) in [5.41, 5.74) is 1.89. The van der Waals surface area contributed by atoms with Crippen molar-refractivity contribution < 1.29 is 4.79 Å². The summed E-state index contributed by atoms with van der Waals surface area (Å²) in [6.45, 7) is 2.29. The van der Waals surface area contributed by atoms with Gasteiger partial charge in [0.2, 0.25) is 0 Å². The zero-order chi connectivity index (χ0) is 20.8. The Morgan fingerprint density at radius 3 is 1.62 bits per heavy atom. The second kappa shape index (κ2) is 20.0. The molecule has 2 heteroatoms. The van der Waals surface area contributed by atoms with Crippen LogP contribution < -0.4 is 0 Å². The van der Waals surface area contributed by atoms with Crippen LogP contribution in [0.4, 0.5) is 0 Å². The Hall–Kier alpha value is -1.31. The lowest BCUT2D eigenvalue weighted by Gasteiger charge is -2.01. The Morgan fingerprint density at radius 2 is 1.14 bits per heavy atom. The number of rotatable bonds is 21. The molecule has 0 aromatic carbocycles. The molecule has 0 saturated heterocycles. The number of aldehydes is 1. The minimum Gasteiger partial charge on any atom is -0.356 e. The largest absolute Gasteiger partial charge is 0.356 e. The quantitative estimate of drug-likeness (QED) is 0.124. The van der Waals surface area contributed by atoms with Crippen LogP contribution in [-0.4, -0.2) is 11.3 Å². The summed E-state index contributed by atoms with van der Waals surface area (Å²) in [5, 5.41) is 0. The highest BCUT2D eigenvalue weighted by molar-refractivity contribution is 5.71. The van der Waals surface area contributed by atoms with Gasteiger partial charge in [-0.1, -0.05) is 103 Å². The van der Waals surface area contributed by atoms with E-state index in [-0.39, 0.29) is 0 Å².